The Hall–Kier alpha value is -1.07. The third-order valence-electron chi connectivity index (χ3n) is 3.03. The molecule has 0 spiro atoms. The van der Waals surface area contributed by atoms with Gasteiger partial charge in [-0.3, -0.25) is 4.79 Å². The summed E-state index contributed by atoms with van der Waals surface area (Å²) in [5, 5.41) is 9.85. The average molecular weight is 252 g/mol. The molecule has 4 nitrogen and oxygen atoms in total. The predicted octanol–water partition coefficient (Wildman–Crippen LogP) is 1.26. The standard InChI is InChI=1S/C12H16N2O2S/c1-17-11-10(3-2-5-13-11)12(16)14-6-4-9(7-14)8-15/h2-3,5,9,15H,4,6-8H2,1H3. The Morgan fingerprint density at radius 3 is 3.18 bits per heavy atom. The number of carbonyl (C=O) groups is 1. The number of rotatable bonds is 3. The van der Waals surface area contributed by atoms with Crippen molar-refractivity contribution in [3.05, 3.63) is 23.9 Å². The van der Waals surface area contributed by atoms with Crippen LogP contribution in [-0.2, 0) is 0 Å². The van der Waals surface area contributed by atoms with Crippen LogP contribution in [0.15, 0.2) is 23.4 Å². The molecule has 1 atom stereocenters. The minimum absolute atomic E-state index is 0.0263. The van der Waals surface area contributed by atoms with Crippen LogP contribution in [-0.4, -0.2) is 46.8 Å². The van der Waals surface area contributed by atoms with E-state index in [0.717, 1.165) is 18.0 Å². The van der Waals surface area contributed by atoms with Gasteiger partial charge in [-0.25, -0.2) is 4.98 Å². The van der Waals surface area contributed by atoms with Crippen molar-refractivity contribution in [2.24, 2.45) is 5.92 Å². The van der Waals surface area contributed by atoms with Gasteiger partial charge in [0.25, 0.3) is 5.91 Å². The molecule has 1 fully saturated rings. The monoisotopic (exact) mass is 252 g/mol. The second-order valence-corrected chi connectivity index (χ2v) is 4.94. The number of hydrogen-bond acceptors (Lipinski definition) is 4. The van der Waals surface area contributed by atoms with Crippen molar-refractivity contribution in [3.63, 3.8) is 0 Å². The number of likely N-dealkylation sites (tertiary alicyclic amines) is 1. The lowest BCUT2D eigenvalue weighted by atomic mass is 10.1. The summed E-state index contributed by atoms with van der Waals surface area (Å²) in [7, 11) is 0. The van der Waals surface area contributed by atoms with E-state index < -0.39 is 0 Å². The second kappa shape index (κ2) is 5.51. The van der Waals surface area contributed by atoms with Gasteiger partial charge in [-0.15, -0.1) is 11.8 Å². The predicted molar refractivity (Wildman–Crippen MR) is 67.1 cm³/mol. The van der Waals surface area contributed by atoms with Crippen LogP contribution in [0.5, 0.6) is 0 Å². The molecule has 1 aromatic rings. The Balaban J connectivity index is 2.15. The zero-order chi connectivity index (χ0) is 12.3. The van der Waals surface area contributed by atoms with E-state index in [1.165, 1.54) is 11.8 Å². The van der Waals surface area contributed by atoms with Gasteiger partial charge in [0.2, 0.25) is 0 Å². The van der Waals surface area contributed by atoms with E-state index in [2.05, 4.69) is 4.98 Å². The molecule has 1 aliphatic heterocycles. The Bertz CT molecular complexity index is 411. The zero-order valence-corrected chi connectivity index (χ0v) is 10.6. The van der Waals surface area contributed by atoms with Gasteiger partial charge < -0.3 is 10.0 Å². The maximum absolute atomic E-state index is 12.3. The molecule has 0 radical (unpaired) electrons. The number of thioether (sulfide) groups is 1. The van der Waals surface area contributed by atoms with Crippen LogP contribution >= 0.6 is 11.8 Å². The Labute approximate surface area is 105 Å². The van der Waals surface area contributed by atoms with Crippen molar-refractivity contribution in [2.45, 2.75) is 11.4 Å². The first kappa shape index (κ1) is 12.4. The van der Waals surface area contributed by atoms with E-state index >= 15 is 0 Å². The van der Waals surface area contributed by atoms with Gasteiger partial charge in [-0.2, -0.15) is 0 Å². The quantitative estimate of drug-likeness (QED) is 0.823. The fourth-order valence-electron chi connectivity index (χ4n) is 2.05. The smallest absolute Gasteiger partial charge is 0.256 e. The van der Waals surface area contributed by atoms with Crippen molar-refractivity contribution in [2.75, 3.05) is 26.0 Å². The summed E-state index contributed by atoms with van der Waals surface area (Å²) >= 11 is 1.48. The molecule has 1 N–H and O–H groups in total. The molecule has 92 valence electrons. The average Bonchev–Trinajstić information content (AvgIpc) is 2.86. The molecular weight excluding hydrogens is 236 g/mol. The minimum Gasteiger partial charge on any atom is -0.396 e. The molecular formula is C12H16N2O2S. The molecule has 2 heterocycles. The molecule has 1 aliphatic rings. The van der Waals surface area contributed by atoms with E-state index in [9.17, 15) is 4.79 Å². The first-order valence-electron chi connectivity index (χ1n) is 5.65. The van der Waals surface area contributed by atoms with Crippen LogP contribution < -0.4 is 0 Å². The Morgan fingerprint density at radius 1 is 1.71 bits per heavy atom. The van der Waals surface area contributed by atoms with Gasteiger partial charge in [-0.05, 0) is 24.8 Å². The molecule has 1 amide bonds. The highest BCUT2D eigenvalue weighted by atomic mass is 32.2. The van der Waals surface area contributed by atoms with Crippen molar-refractivity contribution < 1.29 is 9.90 Å². The largest absolute Gasteiger partial charge is 0.396 e. The third kappa shape index (κ3) is 2.61. The van der Waals surface area contributed by atoms with Crippen LogP contribution in [0.3, 0.4) is 0 Å². The molecule has 0 aliphatic carbocycles. The maximum Gasteiger partial charge on any atom is 0.256 e. The van der Waals surface area contributed by atoms with Crippen LogP contribution in [0.4, 0.5) is 0 Å². The molecule has 17 heavy (non-hydrogen) atoms. The number of aliphatic hydroxyl groups is 1. The van der Waals surface area contributed by atoms with E-state index in [0.29, 0.717) is 12.1 Å². The third-order valence-corrected chi connectivity index (χ3v) is 3.74. The molecule has 5 heteroatoms. The van der Waals surface area contributed by atoms with Gasteiger partial charge in [-0.1, -0.05) is 0 Å². The van der Waals surface area contributed by atoms with Crippen LogP contribution in [0, 0.1) is 5.92 Å². The van der Waals surface area contributed by atoms with Crippen LogP contribution in [0.25, 0.3) is 0 Å². The fourth-order valence-corrected chi connectivity index (χ4v) is 2.59. The molecule has 2 rings (SSSR count). The Kier molecular flexibility index (Phi) is 4.02. The second-order valence-electron chi connectivity index (χ2n) is 4.15. The number of pyridine rings is 1. The summed E-state index contributed by atoms with van der Waals surface area (Å²) in [6, 6.07) is 3.60. The van der Waals surface area contributed by atoms with Crippen LogP contribution in [0.2, 0.25) is 0 Å². The zero-order valence-electron chi connectivity index (χ0n) is 9.80. The lowest BCUT2D eigenvalue weighted by Crippen LogP contribution is -2.29. The van der Waals surface area contributed by atoms with E-state index in [1.54, 1.807) is 17.2 Å². The number of aliphatic hydroxyl groups excluding tert-OH is 1. The van der Waals surface area contributed by atoms with Crippen LogP contribution in [0.1, 0.15) is 16.8 Å². The van der Waals surface area contributed by atoms with E-state index in [-0.39, 0.29) is 18.4 Å². The molecule has 1 aromatic heterocycles. The topological polar surface area (TPSA) is 53.4 Å². The normalized spacial score (nSPS) is 19.6. The first-order valence-corrected chi connectivity index (χ1v) is 6.88. The first-order chi connectivity index (χ1) is 8.26. The summed E-state index contributed by atoms with van der Waals surface area (Å²) in [4.78, 5) is 18.3. The SMILES string of the molecule is CSc1ncccc1C(=O)N1CCC(CO)C1. The number of amides is 1. The van der Waals surface area contributed by atoms with Gasteiger partial charge >= 0.3 is 0 Å². The minimum atomic E-state index is 0.0263. The van der Waals surface area contributed by atoms with Crippen molar-refractivity contribution in [3.8, 4) is 0 Å². The highest BCUT2D eigenvalue weighted by Crippen LogP contribution is 2.22. The highest BCUT2D eigenvalue weighted by molar-refractivity contribution is 7.98. The lowest BCUT2D eigenvalue weighted by Gasteiger charge is -2.17. The number of aromatic nitrogens is 1. The Morgan fingerprint density at radius 2 is 2.53 bits per heavy atom. The van der Waals surface area contributed by atoms with E-state index in [4.69, 9.17) is 5.11 Å². The molecule has 0 saturated carbocycles. The number of carbonyl (C=O) groups excluding carboxylic acids is 1. The fraction of sp³-hybridized carbons (Fsp3) is 0.500. The van der Waals surface area contributed by atoms with E-state index in [1.807, 2.05) is 12.3 Å². The van der Waals surface area contributed by atoms with Gasteiger partial charge in [0.1, 0.15) is 5.03 Å². The number of hydrogen-bond donors (Lipinski definition) is 1. The molecule has 0 aromatic carbocycles. The number of nitrogens with zero attached hydrogens (tertiary/aromatic N) is 2. The van der Waals surface area contributed by atoms with Gasteiger partial charge in [0.05, 0.1) is 5.56 Å². The van der Waals surface area contributed by atoms with Crippen molar-refractivity contribution in [1.82, 2.24) is 9.88 Å². The summed E-state index contributed by atoms with van der Waals surface area (Å²) < 4.78 is 0. The highest BCUT2D eigenvalue weighted by Gasteiger charge is 2.27. The summed E-state index contributed by atoms with van der Waals surface area (Å²) in [6.45, 7) is 1.54. The molecule has 1 unspecified atom stereocenters. The summed E-state index contributed by atoms with van der Waals surface area (Å²) in [6.07, 6.45) is 4.50. The van der Waals surface area contributed by atoms with Crippen molar-refractivity contribution in [1.29, 1.82) is 0 Å². The van der Waals surface area contributed by atoms with Gasteiger partial charge in [0, 0.05) is 31.8 Å². The van der Waals surface area contributed by atoms with Crippen molar-refractivity contribution >= 4 is 17.7 Å². The maximum atomic E-state index is 12.3. The lowest BCUT2D eigenvalue weighted by molar-refractivity contribution is 0.0777. The molecule has 0 bridgehead atoms. The summed E-state index contributed by atoms with van der Waals surface area (Å²) in [5.74, 6) is 0.256. The van der Waals surface area contributed by atoms with Gasteiger partial charge in [0.15, 0.2) is 0 Å². The summed E-state index contributed by atoms with van der Waals surface area (Å²) in [5.41, 5.74) is 0.665. The molecule has 1 saturated heterocycles.